The Kier molecular flexibility index (Phi) is 4.91. The number of hydrogen-bond acceptors (Lipinski definition) is 3. The number of carbonyl (C=O) groups excluding carboxylic acids is 1. The van der Waals surface area contributed by atoms with Gasteiger partial charge in [0.1, 0.15) is 0 Å². The third kappa shape index (κ3) is 3.18. The van der Waals surface area contributed by atoms with Gasteiger partial charge in [0.25, 0.3) is 5.91 Å². The molecule has 0 aliphatic rings. The fraction of sp³-hybridized carbons (Fsp3) is 0.417. The largest absolute Gasteiger partial charge is 0.352 e. The Bertz CT molecular complexity index is 526. The Morgan fingerprint density at radius 3 is 3.06 bits per heavy atom. The number of unbranched alkanes of at least 4 members (excludes halogenated alkanes) is 2. The van der Waals surface area contributed by atoms with Gasteiger partial charge in [-0.15, -0.1) is 0 Å². The van der Waals surface area contributed by atoms with E-state index in [1.165, 1.54) is 10.8 Å². The molecule has 2 heterocycles. The molecule has 2 rings (SSSR count). The second-order valence-corrected chi connectivity index (χ2v) is 5.05. The van der Waals surface area contributed by atoms with E-state index >= 15 is 0 Å². The number of amides is 1. The maximum atomic E-state index is 12.0. The fourth-order valence-corrected chi connectivity index (χ4v) is 2.24. The van der Waals surface area contributed by atoms with Crippen LogP contribution in [0, 0.1) is 0 Å². The minimum atomic E-state index is -0.0764. The molecule has 0 fully saturated rings. The topological polar surface area (TPSA) is 59.3 Å². The molecular weight excluding hydrogens is 343 g/mol. The van der Waals surface area contributed by atoms with E-state index in [1.807, 2.05) is 0 Å². The monoisotopic (exact) mass is 358 g/mol. The first kappa shape index (κ1) is 13.3. The van der Waals surface area contributed by atoms with Crippen LogP contribution in [0.4, 0.5) is 0 Å². The molecule has 0 aliphatic carbocycles. The van der Waals surface area contributed by atoms with Crippen LogP contribution in [0.15, 0.2) is 24.8 Å². The van der Waals surface area contributed by atoms with Crippen LogP contribution in [-0.2, 0) is 0 Å². The first-order valence-corrected chi connectivity index (χ1v) is 7.47. The van der Waals surface area contributed by atoms with Crippen molar-refractivity contribution in [3.8, 4) is 0 Å². The van der Waals surface area contributed by atoms with Gasteiger partial charge in [0.2, 0.25) is 0 Å². The minimum absolute atomic E-state index is 0.0764. The van der Waals surface area contributed by atoms with E-state index < -0.39 is 0 Å². The zero-order valence-corrected chi connectivity index (χ0v) is 12.1. The van der Waals surface area contributed by atoms with E-state index in [4.69, 9.17) is 0 Å². The Morgan fingerprint density at radius 2 is 2.22 bits per heavy atom. The number of aromatic nitrogens is 3. The first-order chi connectivity index (χ1) is 8.83. The lowest BCUT2D eigenvalue weighted by Crippen LogP contribution is -2.24. The van der Waals surface area contributed by atoms with Gasteiger partial charge >= 0.3 is 0 Å². The SMILES string of the molecule is O=C(NCCCCCI)c1cnn2ccncc12. The quantitative estimate of drug-likeness (QED) is 0.489. The summed E-state index contributed by atoms with van der Waals surface area (Å²) in [6.07, 6.45) is 9.98. The zero-order chi connectivity index (χ0) is 12.8. The van der Waals surface area contributed by atoms with Crippen molar-refractivity contribution in [2.24, 2.45) is 0 Å². The zero-order valence-electron chi connectivity index (χ0n) is 9.97. The standard InChI is InChI=1S/C12H15IN4O/c13-4-2-1-3-5-15-12(18)10-8-16-17-7-6-14-9-11(10)17/h6-9H,1-5H2,(H,15,18). The summed E-state index contributed by atoms with van der Waals surface area (Å²) in [5.41, 5.74) is 1.32. The molecule has 0 radical (unpaired) electrons. The van der Waals surface area contributed by atoms with Gasteiger partial charge in [-0.1, -0.05) is 29.0 Å². The molecule has 0 aliphatic heterocycles. The molecule has 0 aromatic carbocycles. The summed E-state index contributed by atoms with van der Waals surface area (Å²) < 4.78 is 2.82. The van der Waals surface area contributed by atoms with Gasteiger partial charge in [-0.25, -0.2) is 4.52 Å². The lowest BCUT2D eigenvalue weighted by Gasteiger charge is -2.03. The lowest BCUT2D eigenvalue weighted by molar-refractivity contribution is 0.0954. The smallest absolute Gasteiger partial charge is 0.255 e. The van der Waals surface area contributed by atoms with Crippen LogP contribution in [0.1, 0.15) is 29.6 Å². The Morgan fingerprint density at radius 1 is 1.33 bits per heavy atom. The van der Waals surface area contributed by atoms with Crippen molar-refractivity contribution < 1.29 is 4.79 Å². The number of fused-ring (bicyclic) bond motifs is 1. The molecule has 0 atom stereocenters. The van der Waals surface area contributed by atoms with E-state index in [0.717, 1.165) is 18.4 Å². The summed E-state index contributed by atoms with van der Waals surface area (Å²) in [6.45, 7) is 0.715. The Balaban J connectivity index is 1.93. The molecule has 0 saturated carbocycles. The summed E-state index contributed by atoms with van der Waals surface area (Å²) in [5, 5.41) is 7.03. The molecule has 1 amide bonds. The number of halogens is 1. The van der Waals surface area contributed by atoms with Crippen LogP contribution in [0.25, 0.3) is 5.52 Å². The molecule has 2 aromatic rings. The van der Waals surface area contributed by atoms with Crippen molar-refractivity contribution in [2.45, 2.75) is 19.3 Å². The van der Waals surface area contributed by atoms with Gasteiger partial charge in [-0.3, -0.25) is 9.78 Å². The average Bonchev–Trinajstić information content (AvgIpc) is 2.82. The molecule has 0 unspecified atom stereocenters. The van der Waals surface area contributed by atoms with Crippen molar-refractivity contribution in [2.75, 3.05) is 11.0 Å². The molecule has 0 saturated heterocycles. The molecule has 2 aromatic heterocycles. The van der Waals surface area contributed by atoms with Crippen LogP contribution >= 0.6 is 22.6 Å². The van der Waals surface area contributed by atoms with Gasteiger partial charge in [-0.05, 0) is 17.3 Å². The number of nitrogens with one attached hydrogen (secondary N) is 1. The second-order valence-electron chi connectivity index (χ2n) is 3.97. The van der Waals surface area contributed by atoms with Gasteiger partial charge in [0, 0.05) is 18.9 Å². The number of rotatable bonds is 6. The van der Waals surface area contributed by atoms with E-state index in [-0.39, 0.29) is 5.91 Å². The maximum Gasteiger partial charge on any atom is 0.255 e. The highest BCUT2D eigenvalue weighted by Gasteiger charge is 2.11. The van der Waals surface area contributed by atoms with Crippen LogP contribution < -0.4 is 5.32 Å². The van der Waals surface area contributed by atoms with E-state index in [0.29, 0.717) is 12.1 Å². The minimum Gasteiger partial charge on any atom is -0.352 e. The van der Waals surface area contributed by atoms with Crippen LogP contribution in [-0.4, -0.2) is 31.5 Å². The molecule has 5 nitrogen and oxygen atoms in total. The van der Waals surface area contributed by atoms with Gasteiger partial charge in [0.05, 0.1) is 23.5 Å². The van der Waals surface area contributed by atoms with Crippen molar-refractivity contribution in [1.82, 2.24) is 19.9 Å². The van der Waals surface area contributed by atoms with Crippen LogP contribution in [0.5, 0.6) is 0 Å². The fourth-order valence-electron chi connectivity index (χ4n) is 1.70. The summed E-state index contributed by atoms with van der Waals surface area (Å²) >= 11 is 2.37. The van der Waals surface area contributed by atoms with E-state index in [9.17, 15) is 4.79 Å². The van der Waals surface area contributed by atoms with Gasteiger partial charge in [-0.2, -0.15) is 5.10 Å². The van der Waals surface area contributed by atoms with Crippen LogP contribution in [0.2, 0.25) is 0 Å². The summed E-state index contributed by atoms with van der Waals surface area (Å²) in [6, 6.07) is 0. The summed E-state index contributed by atoms with van der Waals surface area (Å²) in [4.78, 5) is 16.0. The van der Waals surface area contributed by atoms with E-state index in [2.05, 4.69) is 38.0 Å². The van der Waals surface area contributed by atoms with Crippen LogP contribution in [0.3, 0.4) is 0 Å². The molecule has 0 spiro atoms. The highest BCUT2D eigenvalue weighted by molar-refractivity contribution is 14.1. The number of alkyl halides is 1. The van der Waals surface area contributed by atoms with Crippen molar-refractivity contribution in [3.63, 3.8) is 0 Å². The normalized spacial score (nSPS) is 10.7. The predicted molar refractivity (Wildman–Crippen MR) is 78.1 cm³/mol. The molecule has 0 bridgehead atoms. The highest BCUT2D eigenvalue weighted by atomic mass is 127. The molecule has 6 heteroatoms. The second kappa shape index (κ2) is 6.67. The number of nitrogens with zero attached hydrogens (tertiary/aromatic N) is 3. The summed E-state index contributed by atoms with van der Waals surface area (Å²) in [5.74, 6) is -0.0764. The third-order valence-electron chi connectivity index (χ3n) is 2.67. The third-order valence-corrected chi connectivity index (χ3v) is 3.43. The molecule has 96 valence electrons. The van der Waals surface area contributed by atoms with Crippen molar-refractivity contribution in [3.05, 3.63) is 30.4 Å². The maximum absolute atomic E-state index is 12.0. The Hall–Kier alpha value is -1.18. The van der Waals surface area contributed by atoms with Crippen molar-refractivity contribution >= 4 is 34.0 Å². The lowest BCUT2D eigenvalue weighted by atomic mass is 10.2. The van der Waals surface area contributed by atoms with Gasteiger partial charge < -0.3 is 5.32 Å². The van der Waals surface area contributed by atoms with E-state index in [1.54, 1.807) is 29.3 Å². The average molecular weight is 358 g/mol. The first-order valence-electron chi connectivity index (χ1n) is 5.94. The summed E-state index contributed by atoms with van der Waals surface area (Å²) in [7, 11) is 0. The van der Waals surface area contributed by atoms with Gasteiger partial charge in [0.15, 0.2) is 0 Å². The molecule has 1 N–H and O–H groups in total. The van der Waals surface area contributed by atoms with Crippen molar-refractivity contribution in [1.29, 1.82) is 0 Å². The Labute approximate surface area is 119 Å². The molecule has 18 heavy (non-hydrogen) atoms. The highest BCUT2D eigenvalue weighted by Crippen LogP contribution is 2.08. The molecular formula is C12H15IN4O. The number of hydrogen-bond donors (Lipinski definition) is 1. The predicted octanol–water partition coefficient (Wildman–Crippen LogP) is 2.06. The number of carbonyl (C=O) groups is 1.